The van der Waals surface area contributed by atoms with Crippen molar-refractivity contribution in [2.45, 2.75) is 18.7 Å². The molecule has 0 unspecified atom stereocenters. The first-order valence-corrected chi connectivity index (χ1v) is 9.15. The second-order valence-corrected chi connectivity index (χ2v) is 6.51. The third kappa shape index (κ3) is 5.42. The maximum absolute atomic E-state index is 11.9. The number of benzene rings is 1. The predicted molar refractivity (Wildman–Crippen MR) is 98.2 cm³/mol. The van der Waals surface area contributed by atoms with Crippen molar-refractivity contribution in [3.8, 4) is 5.69 Å². The highest BCUT2D eigenvalue weighted by molar-refractivity contribution is 7.98. The Balaban J connectivity index is 1.36. The molecule has 0 radical (unpaired) electrons. The van der Waals surface area contributed by atoms with Crippen LogP contribution >= 0.6 is 11.8 Å². The van der Waals surface area contributed by atoms with Gasteiger partial charge in [0.05, 0.1) is 11.4 Å². The molecule has 0 atom stereocenters. The summed E-state index contributed by atoms with van der Waals surface area (Å²) in [7, 11) is 0. The molecule has 1 amide bonds. The van der Waals surface area contributed by atoms with Crippen molar-refractivity contribution in [3.05, 3.63) is 72.6 Å². The summed E-state index contributed by atoms with van der Waals surface area (Å²) in [6.07, 6.45) is 5.45. The molecule has 1 N–H and O–H groups in total. The Kier molecular flexibility index (Phi) is 6.17. The molecule has 0 aliphatic rings. The van der Waals surface area contributed by atoms with Gasteiger partial charge in [0.1, 0.15) is 12.7 Å². The molecule has 6 nitrogen and oxygen atoms in total. The number of nitrogens with zero attached hydrogens (tertiary/aromatic N) is 4. The summed E-state index contributed by atoms with van der Waals surface area (Å²) in [4.78, 5) is 20.1. The van der Waals surface area contributed by atoms with Gasteiger partial charge in [-0.3, -0.25) is 9.78 Å². The van der Waals surface area contributed by atoms with E-state index in [0.29, 0.717) is 13.0 Å². The number of pyridine rings is 1. The van der Waals surface area contributed by atoms with E-state index in [0.717, 1.165) is 28.5 Å². The zero-order valence-corrected chi connectivity index (χ0v) is 14.5. The van der Waals surface area contributed by atoms with Crippen molar-refractivity contribution in [1.82, 2.24) is 25.1 Å². The lowest BCUT2D eigenvalue weighted by Gasteiger charge is -2.07. The lowest BCUT2D eigenvalue weighted by atomic mass is 10.2. The van der Waals surface area contributed by atoms with E-state index in [4.69, 9.17) is 0 Å². The quantitative estimate of drug-likeness (QED) is 0.630. The lowest BCUT2D eigenvalue weighted by molar-refractivity contribution is -0.120. The monoisotopic (exact) mass is 353 g/mol. The number of hydrogen-bond acceptors (Lipinski definition) is 5. The summed E-state index contributed by atoms with van der Waals surface area (Å²) in [6.45, 7) is 0.529. The minimum atomic E-state index is 0.0638. The number of carbonyl (C=O) groups is 1. The van der Waals surface area contributed by atoms with Gasteiger partial charge < -0.3 is 5.32 Å². The molecule has 25 heavy (non-hydrogen) atoms. The Labute approximate surface area is 150 Å². The molecule has 3 aromatic rings. The number of nitrogens with one attached hydrogen (secondary N) is 1. The molecule has 128 valence electrons. The van der Waals surface area contributed by atoms with Crippen LogP contribution in [-0.2, 0) is 17.1 Å². The number of hydrogen-bond donors (Lipinski definition) is 1. The number of carbonyl (C=O) groups excluding carboxylic acids is 1. The lowest BCUT2D eigenvalue weighted by Crippen LogP contribution is -2.23. The van der Waals surface area contributed by atoms with E-state index < -0.39 is 0 Å². The van der Waals surface area contributed by atoms with Crippen LogP contribution in [0, 0.1) is 0 Å². The smallest absolute Gasteiger partial charge is 0.221 e. The van der Waals surface area contributed by atoms with Crippen molar-refractivity contribution in [3.63, 3.8) is 0 Å². The third-order valence-electron chi connectivity index (χ3n) is 3.56. The fraction of sp³-hybridized carbons (Fsp3) is 0.222. The van der Waals surface area contributed by atoms with Gasteiger partial charge in [0, 0.05) is 30.7 Å². The Hall–Kier alpha value is -2.67. The molecular weight excluding hydrogens is 334 g/mol. The largest absolute Gasteiger partial charge is 0.352 e. The van der Waals surface area contributed by atoms with E-state index >= 15 is 0 Å². The summed E-state index contributed by atoms with van der Waals surface area (Å²) in [6, 6.07) is 13.7. The highest BCUT2D eigenvalue weighted by Crippen LogP contribution is 2.11. The molecule has 0 bridgehead atoms. The molecule has 2 aromatic heterocycles. The van der Waals surface area contributed by atoms with Crippen molar-refractivity contribution in [1.29, 1.82) is 0 Å². The molecular formula is C18H19N5OS. The average Bonchev–Trinajstić information content (AvgIpc) is 3.20. The van der Waals surface area contributed by atoms with Crippen LogP contribution in [-0.4, -0.2) is 31.4 Å². The van der Waals surface area contributed by atoms with Gasteiger partial charge in [-0.15, -0.1) is 0 Å². The van der Waals surface area contributed by atoms with Crippen molar-refractivity contribution in [2.24, 2.45) is 0 Å². The fourth-order valence-electron chi connectivity index (χ4n) is 2.22. The number of thioether (sulfide) groups is 1. The first-order chi connectivity index (χ1) is 12.3. The van der Waals surface area contributed by atoms with Gasteiger partial charge >= 0.3 is 0 Å². The maximum atomic E-state index is 11.9. The van der Waals surface area contributed by atoms with Crippen LogP contribution < -0.4 is 5.32 Å². The fourth-order valence-corrected chi connectivity index (χ4v) is 3.08. The molecule has 0 spiro atoms. The number of rotatable bonds is 8. The second kappa shape index (κ2) is 8.98. The Morgan fingerprint density at radius 2 is 2.04 bits per heavy atom. The summed E-state index contributed by atoms with van der Waals surface area (Å²) >= 11 is 1.72. The first-order valence-electron chi connectivity index (χ1n) is 7.99. The van der Waals surface area contributed by atoms with Crippen LogP contribution in [0.5, 0.6) is 0 Å². The molecule has 0 fully saturated rings. The normalized spacial score (nSPS) is 10.6. The van der Waals surface area contributed by atoms with Gasteiger partial charge in [-0.2, -0.15) is 16.9 Å². The highest BCUT2D eigenvalue weighted by Gasteiger charge is 2.03. The first kappa shape index (κ1) is 17.2. The summed E-state index contributed by atoms with van der Waals surface area (Å²) in [5.74, 6) is 1.68. The summed E-state index contributed by atoms with van der Waals surface area (Å²) in [5, 5.41) is 7.03. The van der Waals surface area contributed by atoms with Gasteiger partial charge in [0.25, 0.3) is 0 Å². The molecule has 2 heterocycles. The Morgan fingerprint density at radius 3 is 2.76 bits per heavy atom. The van der Waals surface area contributed by atoms with Crippen LogP contribution in [0.1, 0.15) is 17.7 Å². The zero-order valence-electron chi connectivity index (χ0n) is 13.7. The Morgan fingerprint density at radius 1 is 1.16 bits per heavy atom. The van der Waals surface area contributed by atoms with Gasteiger partial charge in [0.15, 0.2) is 0 Å². The molecule has 0 saturated heterocycles. The summed E-state index contributed by atoms with van der Waals surface area (Å²) < 4.78 is 1.70. The second-order valence-electron chi connectivity index (χ2n) is 5.41. The highest BCUT2D eigenvalue weighted by atomic mass is 32.2. The molecule has 0 aliphatic heterocycles. The minimum Gasteiger partial charge on any atom is -0.352 e. The van der Waals surface area contributed by atoms with E-state index in [1.807, 2.05) is 42.5 Å². The predicted octanol–water partition coefficient (Wildman–Crippen LogP) is 2.60. The maximum Gasteiger partial charge on any atom is 0.221 e. The number of amides is 1. The van der Waals surface area contributed by atoms with Crippen LogP contribution in [0.3, 0.4) is 0 Å². The van der Waals surface area contributed by atoms with Crippen LogP contribution in [0.25, 0.3) is 5.69 Å². The topological polar surface area (TPSA) is 72.7 Å². The van der Waals surface area contributed by atoms with E-state index in [1.165, 1.54) is 6.33 Å². The SMILES string of the molecule is O=C(CCSCc1ccccn1)NCc1ccc(-n2cncn2)cc1. The number of aromatic nitrogens is 4. The van der Waals surface area contributed by atoms with E-state index in [9.17, 15) is 4.79 Å². The standard InChI is InChI=1S/C18H19N5OS/c24-18(8-10-25-12-16-3-1-2-9-20-16)21-11-15-4-6-17(7-5-15)23-14-19-13-22-23/h1-7,9,13-14H,8,10-12H2,(H,21,24). The van der Waals surface area contributed by atoms with E-state index in [1.54, 1.807) is 29.0 Å². The average molecular weight is 353 g/mol. The molecule has 1 aromatic carbocycles. The summed E-state index contributed by atoms with van der Waals surface area (Å²) in [5.41, 5.74) is 3.04. The molecule has 0 saturated carbocycles. The van der Waals surface area contributed by atoms with Crippen LogP contribution in [0.15, 0.2) is 61.3 Å². The van der Waals surface area contributed by atoms with Crippen molar-refractivity contribution in [2.75, 3.05) is 5.75 Å². The third-order valence-corrected chi connectivity index (χ3v) is 4.55. The van der Waals surface area contributed by atoms with E-state index in [2.05, 4.69) is 20.4 Å². The Bertz CT molecular complexity index is 775. The zero-order chi connectivity index (χ0) is 17.3. The van der Waals surface area contributed by atoms with Gasteiger partial charge in [-0.05, 0) is 29.8 Å². The van der Waals surface area contributed by atoms with Gasteiger partial charge in [0.2, 0.25) is 5.91 Å². The van der Waals surface area contributed by atoms with Crippen molar-refractivity contribution < 1.29 is 4.79 Å². The van der Waals surface area contributed by atoms with E-state index in [-0.39, 0.29) is 5.91 Å². The van der Waals surface area contributed by atoms with Gasteiger partial charge in [-0.25, -0.2) is 9.67 Å². The minimum absolute atomic E-state index is 0.0638. The van der Waals surface area contributed by atoms with Crippen LogP contribution in [0.2, 0.25) is 0 Å². The molecule has 3 rings (SSSR count). The molecule has 7 heteroatoms. The molecule has 0 aliphatic carbocycles. The van der Waals surface area contributed by atoms with Gasteiger partial charge in [-0.1, -0.05) is 18.2 Å². The van der Waals surface area contributed by atoms with Crippen molar-refractivity contribution >= 4 is 17.7 Å². The van der Waals surface area contributed by atoms with Crippen LogP contribution in [0.4, 0.5) is 0 Å².